The zero-order valence-electron chi connectivity index (χ0n) is 11.7. The molecule has 0 aliphatic rings. The molecule has 0 aliphatic heterocycles. The third-order valence-corrected chi connectivity index (χ3v) is 3.27. The van der Waals surface area contributed by atoms with Gasteiger partial charge in [-0.2, -0.15) is 0 Å². The van der Waals surface area contributed by atoms with Gasteiger partial charge in [0.25, 0.3) is 0 Å². The second kappa shape index (κ2) is 8.04. The van der Waals surface area contributed by atoms with Gasteiger partial charge < -0.3 is 17.7 Å². The first kappa shape index (κ1) is 19.1. The molecule has 0 fully saturated rings. The smallest absolute Gasteiger partial charge is 0.492 e. The maximum absolute atomic E-state index is 13.3. The van der Waals surface area contributed by atoms with E-state index in [1.165, 1.54) is 17.7 Å². The fourth-order valence-electron chi connectivity index (χ4n) is 1.96. The number of halogens is 4. The molecule has 0 radical (unpaired) electrons. The van der Waals surface area contributed by atoms with Crippen LogP contribution in [0.5, 0.6) is 5.75 Å². The van der Waals surface area contributed by atoms with Crippen molar-refractivity contribution in [3.8, 4) is 5.75 Å². The van der Waals surface area contributed by atoms with Crippen molar-refractivity contribution < 1.29 is 69.1 Å². The van der Waals surface area contributed by atoms with Gasteiger partial charge in [-0.15, -0.1) is 0 Å². The molecule has 0 amide bonds. The monoisotopic (exact) mass is 338 g/mol. The SMILES string of the molecule is C/C(=C/Cl)COc1ccc2ccccc2c1[B-](F)(F)F.[K+]. The molecule has 0 atom stereocenters. The number of ether oxygens (including phenoxy) is 1. The van der Waals surface area contributed by atoms with Crippen molar-refractivity contribution in [1.29, 1.82) is 0 Å². The van der Waals surface area contributed by atoms with Crippen LogP contribution in [0.3, 0.4) is 0 Å². The summed E-state index contributed by atoms with van der Waals surface area (Å²) >= 11 is 5.48. The number of rotatable bonds is 4. The van der Waals surface area contributed by atoms with Crippen LogP contribution in [0.4, 0.5) is 12.9 Å². The van der Waals surface area contributed by atoms with Gasteiger partial charge >= 0.3 is 58.4 Å². The molecule has 0 aliphatic carbocycles. The fourth-order valence-corrected chi connectivity index (χ4v) is 2.03. The Morgan fingerprint density at radius 2 is 1.86 bits per heavy atom. The summed E-state index contributed by atoms with van der Waals surface area (Å²) in [5, 5.41) is 0.698. The van der Waals surface area contributed by atoms with E-state index in [1.54, 1.807) is 31.2 Å². The Morgan fingerprint density at radius 3 is 2.48 bits per heavy atom. The minimum absolute atomic E-state index is 0. The summed E-state index contributed by atoms with van der Waals surface area (Å²) in [4.78, 5) is 0. The van der Waals surface area contributed by atoms with Crippen LogP contribution in [0, 0.1) is 0 Å². The van der Waals surface area contributed by atoms with Crippen molar-refractivity contribution in [3.05, 3.63) is 47.5 Å². The third kappa shape index (κ3) is 4.74. The maximum Gasteiger partial charge on any atom is 1.00 e. The van der Waals surface area contributed by atoms with E-state index in [9.17, 15) is 12.9 Å². The van der Waals surface area contributed by atoms with Crippen LogP contribution in [0.25, 0.3) is 10.8 Å². The molecule has 106 valence electrons. The second-order valence-electron chi connectivity index (χ2n) is 4.52. The molecule has 0 saturated heterocycles. The zero-order valence-corrected chi connectivity index (χ0v) is 15.6. The van der Waals surface area contributed by atoms with Crippen LogP contribution in [0.2, 0.25) is 0 Å². The third-order valence-electron chi connectivity index (χ3n) is 2.90. The fraction of sp³-hybridized carbons (Fsp3) is 0.143. The van der Waals surface area contributed by atoms with Gasteiger partial charge in [0.1, 0.15) is 6.61 Å². The van der Waals surface area contributed by atoms with E-state index in [-0.39, 0.29) is 69.1 Å². The molecule has 0 spiro atoms. The Hall–Kier alpha value is 0.0213. The van der Waals surface area contributed by atoms with Crippen LogP contribution in [0.15, 0.2) is 47.5 Å². The summed E-state index contributed by atoms with van der Waals surface area (Å²) in [6.45, 7) is -3.45. The van der Waals surface area contributed by atoms with E-state index >= 15 is 0 Å². The Kier molecular flexibility index (Phi) is 7.30. The molecule has 0 N–H and O–H groups in total. The minimum Gasteiger partial charge on any atom is -0.492 e. The van der Waals surface area contributed by atoms with E-state index in [0.717, 1.165) is 0 Å². The van der Waals surface area contributed by atoms with Gasteiger partial charge in [0, 0.05) is 5.54 Å². The normalized spacial score (nSPS) is 12.1. The molecule has 0 unspecified atom stereocenters. The maximum atomic E-state index is 13.3. The van der Waals surface area contributed by atoms with Crippen molar-refractivity contribution in [2.45, 2.75) is 6.92 Å². The van der Waals surface area contributed by atoms with Gasteiger partial charge in [-0.1, -0.05) is 47.4 Å². The molecule has 0 heterocycles. The van der Waals surface area contributed by atoms with Crippen LogP contribution in [-0.2, 0) is 0 Å². The molecule has 2 rings (SSSR count). The molecule has 2 aromatic carbocycles. The standard InChI is InChI=1S/C14H12BClF3O.K/c1-10(8-16)9-20-13-7-6-11-4-2-3-5-12(11)14(13)15(17,18)19;/h2-8H,9H2,1H3;/q-1;+1/b10-8-;. The van der Waals surface area contributed by atoms with E-state index in [2.05, 4.69) is 0 Å². The van der Waals surface area contributed by atoms with E-state index < -0.39 is 12.4 Å². The van der Waals surface area contributed by atoms with Crippen LogP contribution >= 0.6 is 11.6 Å². The average Bonchev–Trinajstić information content (AvgIpc) is 2.42. The van der Waals surface area contributed by atoms with Crippen molar-refractivity contribution in [2.75, 3.05) is 6.61 Å². The topological polar surface area (TPSA) is 9.23 Å². The van der Waals surface area contributed by atoms with Crippen LogP contribution < -0.4 is 61.6 Å². The Balaban J connectivity index is 0.00000220. The Morgan fingerprint density at radius 1 is 1.19 bits per heavy atom. The van der Waals surface area contributed by atoms with Crippen molar-refractivity contribution in [2.24, 2.45) is 0 Å². The molecule has 2 aromatic rings. The number of hydrogen-bond donors (Lipinski definition) is 0. The molecule has 21 heavy (non-hydrogen) atoms. The largest absolute Gasteiger partial charge is 1.00 e. The molecule has 0 aromatic heterocycles. The van der Waals surface area contributed by atoms with Crippen molar-refractivity contribution >= 4 is 34.8 Å². The summed E-state index contributed by atoms with van der Waals surface area (Å²) < 4.78 is 45.2. The zero-order chi connectivity index (χ0) is 14.8. The summed E-state index contributed by atoms with van der Waals surface area (Å²) in [6.07, 6.45) is 0. The minimum atomic E-state index is -5.16. The van der Waals surface area contributed by atoms with Crippen LogP contribution in [-0.4, -0.2) is 13.6 Å². The first-order valence-corrected chi connectivity index (χ1v) is 6.47. The van der Waals surface area contributed by atoms with Gasteiger partial charge in [-0.25, -0.2) is 0 Å². The van der Waals surface area contributed by atoms with Gasteiger partial charge in [0.05, 0.1) is 5.75 Å². The predicted molar refractivity (Wildman–Crippen MR) is 77.8 cm³/mol. The summed E-state index contributed by atoms with van der Waals surface area (Å²) in [5.74, 6) is -0.158. The van der Waals surface area contributed by atoms with Gasteiger partial charge in [0.2, 0.25) is 0 Å². The summed E-state index contributed by atoms with van der Waals surface area (Å²) in [6, 6.07) is 9.37. The van der Waals surface area contributed by atoms with E-state index in [0.29, 0.717) is 11.0 Å². The molecule has 7 heteroatoms. The summed E-state index contributed by atoms with van der Waals surface area (Å²) in [7, 11) is 0. The first-order valence-electron chi connectivity index (χ1n) is 6.03. The molecular weight excluding hydrogens is 327 g/mol. The first-order chi connectivity index (χ1) is 9.43. The average molecular weight is 339 g/mol. The molecule has 0 bridgehead atoms. The molecular formula is C14H12BClF3KO. The summed E-state index contributed by atoms with van der Waals surface area (Å²) in [5.41, 5.74) is 1.25. The Bertz CT molecular complexity index is 658. The quantitative estimate of drug-likeness (QED) is 0.766. The van der Waals surface area contributed by atoms with Crippen molar-refractivity contribution in [3.63, 3.8) is 0 Å². The van der Waals surface area contributed by atoms with E-state index in [4.69, 9.17) is 16.3 Å². The van der Waals surface area contributed by atoms with Gasteiger partial charge in [0.15, 0.2) is 0 Å². The number of fused-ring (bicyclic) bond motifs is 1. The molecule has 1 nitrogen and oxygen atoms in total. The predicted octanol–water partition coefficient (Wildman–Crippen LogP) is 1.42. The van der Waals surface area contributed by atoms with Crippen molar-refractivity contribution in [1.82, 2.24) is 0 Å². The van der Waals surface area contributed by atoms with Gasteiger partial charge in [-0.3, -0.25) is 0 Å². The van der Waals surface area contributed by atoms with Crippen LogP contribution in [0.1, 0.15) is 6.92 Å². The Labute approximate surface area is 169 Å². The van der Waals surface area contributed by atoms with Gasteiger partial charge in [-0.05, 0) is 29.3 Å². The van der Waals surface area contributed by atoms with E-state index in [1.807, 2.05) is 0 Å². The molecule has 0 saturated carbocycles. The number of benzene rings is 2. The second-order valence-corrected chi connectivity index (χ2v) is 4.74. The number of hydrogen-bond acceptors (Lipinski definition) is 1.